The highest BCUT2D eigenvalue weighted by Crippen LogP contribution is 2.19. The SMILES string of the molecule is NC(=O)CCC(NC(=O)C(N)CCCN=C(N)N)C(=O)NC(CS)C(=O)NC(Cc1c[nH]c2ccccc12)C(=O)O. The molecule has 2 aromatic rings. The van der Waals surface area contributed by atoms with Gasteiger partial charge >= 0.3 is 5.97 Å². The van der Waals surface area contributed by atoms with Crippen molar-refractivity contribution in [2.75, 3.05) is 12.3 Å². The first-order valence-electron chi connectivity index (χ1n) is 12.8. The number of fused-ring (bicyclic) bond motifs is 1. The molecule has 2 rings (SSSR count). The summed E-state index contributed by atoms with van der Waals surface area (Å²) >= 11 is 4.12. The Kier molecular flexibility index (Phi) is 12.9. The number of thiol groups is 1. The molecule has 0 aliphatic carbocycles. The predicted octanol–water partition coefficient (Wildman–Crippen LogP) is -2.17. The fraction of sp³-hybridized carbons (Fsp3) is 0.440. The minimum Gasteiger partial charge on any atom is -0.480 e. The molecule has 4 atom stereocenters. The maximum absolute atomic E-state index is 13.0. The summed E-state index contributed by atoms with van der Waals surface area (Å²) in [6.45, 7) is 0.255. The third kappa shape index (κ3) is 10.6. The van der Waals surface area contributed by atoms with E-state index in [-0.39, 0.29) is 43.9 Å². The molecule has 0 spiro atoms. The molecule has 0 saturated heterocycles. The lowest BCUT2D eigenvalue weighted by atomic mass is 10.0. The molecule has 0 fully saturated rings. The number of nitrogens with one attached hydrogen (secondary N) is 4. The molecule has 1 aromatic heterocycles. The Morgan fingerprint density at radius 1 is 0.927 bits per heavy atom. The molecule has 1 heterocycles. The molecule has 13 N–H and O–H groups in total. The largest absolute Gasteiger partial charge is 0.480 e. The molecule has 4 unspecified atom stereocenters. The van der Waals surface area contributed by atoms with E-state index in [1.165, 1.54) is 0 Å². The zero-order valence-electron chi connectivity index (χ0n) is 22.3. The Morgan fingerprint density at radius 3 is 2.20 bits per heavy atom. The van der Waals surface area contributed by atoms with Crippen LogP contribution in [0.1, 0.15) is 31.2 Å². The number of primary amides is 1. The van der Waals surface area contributed by atoms with Crippen molar-refractivity contribution in [3.8, 4) is 0 Å². The van der Waals surface area contributed by atoms with E-state index in [9.17, 15) is 29.1 Å². The van der Waals surface area contributed by atoms with Gasteiger partial charge in [0.2, 0.25) is 23.6 Å². The lowest BCUT2D eigenvalue weighted by molar-refractivity contribution is -0.142. The second kappa shape index (κ2) is 16.1. The van der Waals surface area contributed by atoms with Crippen molar-refractivity contribution < 1.29 is 29.1 Å². The number of nitrogens with zero attached hydrogens (tertiary/aromatic N) is 1. The Bertz CT molecular complexity index is 1260. The van der Waals surface area contributed by atoms with Crippen molar-refractivity contribution in [1.82, 2.24) is 20.9 Å². The number of aliphatic carboxylic acids is 1. The van der Waals surface area contributed by atoms with Gasteiger partial charge in [0.15, 0.2) is 5.96 Å². The summed E-state index contributed by atoms with van der Waals surface area (Å²) in [5.41, 5.74) is 23.1. The molecule has 16 heteroatoms. The van der Waals surface area contributed by atoms with Crippen LogP contribution in [0.15, 0.2) is 35.5 Å². The summed E-state index contributed by atoms with van der Waals surface area (Å²) < 4.78 is 0. The Hall–Kier alpha value is -4.31. The van der Waals surface area contributed by atoms with E-state index >= 15 is 0 Å². The average Bonchev–Trinajstić information content (AvgIpc) is 3.33. The van der Waals surface area contributed by atoms with Crippen LogP contribution >= 0.6 is 12.6 Å². The second-order valence-corrected chi connectivity index (χ2v) is 9.69. The highest BCUT2D eigenvalue weighted by atomic mass is 32.1. The minimum absolute atomic E-state index is 0.0172. The summed E-state index contributed by atoms with van der Waals surface area (Å²) in [5, 5.41) is 17.9. The van der Waals surface area contributed by atoms with Crippen LogP contribution in [0, 0.1) is 0 Å². The van der Waals surface area contributed by atoms with E-state index in [0.717, 1.165) is 10.9 Å². The summed E-state index contributed by atoms with van der Waals surface area (Å²) in [6.07, 6.45) is 1.87. The van der Waals surface area contributed by atoms with E-state index in [1.54, 1.807) is 6.20 Å². The molecule has 15 nitrogen and oxygen atoms in total. The molecular weight excluding hydrogens is 554 g/mol. The lowest BCUT2D eigenvalue weighted by Gasteiger charge is -2.24. The maximum Gasteiger partial charge on any atom is 0.326 e. The second-order valence-electron chi connectivity index (χ2n) is 9.33. The zero-order valence-corrected chi connectivity index (χ0v) is 23.2. The van der Waals surface area contributed by atoms with Gasteiger partial charge in [0.05, 0.1) is 6.04 Å². The first-order valence-corrected chi connectivity index (χ1v) is 13.4. The maximum atomic E-state index is 13.0. The number of H-pyrrole nitrogens is 1. The van der Waals surface area contributed by atoms with Crippen molar-refractivity contribution in [3.05, 3.63) is 36.0 Å². The summed E-state index contributed by atoms with van der Waals surface area (Å²) in [7, 11) is 0. The third-order valence-corrected chi connectivity index (χ3v) is 6.51. The van der Waals surface area contributed by atoms with Gasteiger partial charge in [0.25, 0.3) is 0 Å². The Morgan fingerprint density at radius 2 is 1.56 bits per heavy atom. The monoisotopic (exact) mass is 591 g/mol. The number of hydrogen-bond acceptors (Lipinski definition) is 8. The van der Waals surface area contributed by atoms with Gasteiger partial charge in [-0.05, 0) is 30.9 Å². The number of carboxylic acid groups (broad SMARTS) is 1. The third-order valence-electron chi connectivity index (χ3n) is 6.15. The molecule has 0 bridgehead atoms. The topological polar surface area (TPSA) is 274 Å². The summed E-state index contributed by atoms with van der Waals surface area (Å²) in [6, 6.07) is 2.50. The quantitative estimate of drug-likeness (QED) is 0.0414. The number of aromatic nitrogens is 1. The molecule has 0 aliphatic rings. The normalized spacial score (nSPS) is 13.8. The van der Waals surface area contributed by atoms with Crippen LogP contribution < -0.4 is 38.9 Å². The van der Waals surface area contributed by atoms with Gasteiger partial charge in [-0.25, -0.2) is 4.79 Å². The van der Waals surface area contributed by atoms with Crippen LogP contribution in [0.3, 0.4) is 0 Å². The van der Waals surface area contributed by atoms with Gasteiger partial charge in [-0.2, -0.15) is 12.6 Å². The number of aromatic amines is 1. The minimum atomic E-state index is -1.30. The molecule has 224 valence electrons. The van der Waals surface area contributed by atoms with Crippen LogP contribution in [0.2, 0.25) is 0 Å². The van der Waals surface area contributed by atoms with E-state index in [1.807, 2.05) is 24.3 Å². The lowest BCUT2D eigenvalue weighted by Crippen LogP contribution is -2.58. The molecule has 4 amide bonds. The highest BCUT2D eigenvalue weighted by Gasteiger charge is 2.30. The van der Waals surface area contributed by atoms with Crippen LogP contribution in [0.5, 0.6) is 0 Å². The number of benzene rings is 1. The smallest absolute Gasteiger partial charge is 0.326 e. The number of carbonyl (C=O) groups is 5. The summed E-state index contributed by atoms with van der Waals surface area (Å²) in [5.74, 6) is -4.52. The van der Waals surface area contributed by atoms with Crippen molar-refractivity contribution in [2.45, 2.75) is 56.3 Å². The predicted molar refractivity (Wildman–Crippen MR) is 156 cm³/mol. The van der Waals surface area contributed by atoms with Gasteiger partial charge in [-0.1, -0.05) is 18.2 Å². The standard InChI is InChI=1S/C25H37N9O6S/c26-15(5-3-9-30-25(28)29)21(36)32-17(7-8-20(27)35)22(37)34-19(12-41)23(38)33-18(24(39)40)10-13-11-31-16-6-2-1-4-14(13)16/h1-2,4,6,11,15,17-19,31,41H,3,5,7-10,12,26H2,(H2,27,35)(H,32,36)(H,33,38)(H,34,37)(H,39,40)(H4,28,29,30). The van der Waals surface area contributed by atoms with Crippen molar-refractivity contribution in [1.29, 1.82) is 0 Å². The van der Waals surface area contributed by atoms with Crippen LogP contribution in [-0.4, -0.2) is 82.1 Å². The average molecular weight is 592 g/mol. The van der Waals surface area contributed by atoms with Crippen LogP contribution in [0.4, 0.5) is 0 Å². The van der Waals surface area contributed by atoms with E-state index in [0.29, 0.717) is 12.0 Å². The number of carboxylic acids is 1. The number of rotatable bonds is 17. The Balaban J connectivity index is 2.06. The van der Waals surface area contributed by atoms with Gasteiger partial charge < -0.3 is 49.0 Å². The van der Waals surface area contributed by atoms with Gasteiger partial charge in [0.1, 0.15) is 18.1 Å². The fourth-order valence-corrected chi connectivity index (χ4v) is 4.20. The summed E-state index contributed by atoms with van der Waals surface area (Å²) in [4.78, 5) is 68.8. The number of carbonyl (C=O) groups excluding carboxylic acids is 4. The number of aliphatic imine (C=N–C) groups is 1. The Labute approximate surface area is 241 Å². The van der Waals surface area contributed by atoms with Crippen molar-refractivity contribution >= 4 is 59.1 Å². The zero-order chi connectivity index (χ0) is 30.5. The van der Waals surface area contributed by atoms with Gasteiger partial charge in [0, 0.05) is 42.2 Å². The van der Waals surface area contributed by atoms with Crippen LogP contribution in [0.25, 0.3) is 10.9 Å². The number of para-hydroxylation sites is 1. The van der Waals surface area contributed by atoms with E-state index in [4.69, 9.17) is 22.9 Å². The molecule has 0 saturated carbocycles. The van der Waals surface area contributed by atoms with Crippen molar-refractivity contribution in [2.24, 2.45) is 27.9 Å². The first-order chi connectivity index (χ1) is 19.4. The van der Waals surface area contributed by atoms with Gasteiger partial charge in [-0.3, -0.25) is 24.2 Å². The highest BCUT2D eigenvalue weighted by molar-refractivity contribution is 7.80. The fourth-order valence-electron chi connectivity index (χ4n) is 3.94. The number of guanidine groups is 1. The number of nitrogens with two attached hydrogens (primary N) is 4. The van der Waals surface area contributed by atoms with E-state index < -0.39 is 53.8 Å². The molecule has 0 radical (unpaired) electrons. The molecule has 1 aromatic carbocycles. The van der Waals surface area contributed by atoms with Gasteiger partial charge in [-0.15, -0.1) is 0 Å². The van der Waals surface area contributed by atoms with Crippen molar-refractivity contribution in [3.63, 3.8) is 0 Å². The number of hydrogen-bond donors (Lipinski definition) is 10. The van der Waals surface area contributed by atoms with Crippen LogP contribution in [-0.2, 0) is 30.4 Å². The number of amides is 4. The molecular formula is C25H37N9O6S. The molecule has 41 heavy (non-hydrogen) atoms. The molecule has 0 aliphatic heterocycles. The first kappa shape index (κ1) is 32.9. The van der Waals surface area contributed by atoms with E-state index in [2.05, 4.69) is 38.6 Å².